The third kappa shape index (κ3) is 8.80. The molecule has 4 fully saturated rings. The van der Waals surface area contributed by atoms with Crippen LogP contribution >= 0.6 is 23.2 Å². The molecule has 4 aliphatic heterocycles. The number of hydrogen-bond acceptors (Lipinski definition) is 12. The van der Waals surface area contributed by atoms with Gasteiger partial charge < -0.3 is 28.4 Å². The van der Waals surface area contributed by atoms with E-state index in [9.17, 15) is 26.4 Å². The van der Waals surface area contributed by atoms with Crippen LogP contribution in [0.4, 0.5) is 5.69 Å². The number of aromatic nitrogens is 6. The lowest BCUT2D eigenvalue weighted by Crippen LogP contribution is -2.31. The summed E-state index contributed by atoms with van der Waals surface area (Å²) in [6.45, 7) is 9.23. The summed E-state index contributed by atoms with van der Waals surface area (Å²) in [5.74, 6) is 2.97. The Morgan fingerprint density at radius 1 is 0.643 bits per heavy atom. The summed E-state index contributed by atoms with van der Waals surface area (Å²) < 4.78 is 66.8. The SMILES string of the molecule is Cc1noc(C)c1-c1ccc2c(c1)nc([C@@H]1CCC(=O)N1)n2[C@@H]1CCN(S(C)(=O)=O)C1.Cc1noc(C)c1-c1ccc2c(c1)nc([C@@H]1CCC(=O)N1c1ccc(Cl)c(Cl)c1)n2[C@@H]1CCN(S(C)(=O)=O)C1. The Hall–Kier alpha value is -5.64. The third-order valence-corrected chi connectivity index (χ3v) is 17.3. The summed E-state index contributed by atoms with van der Waals surface area (Å²) in [5.41, 5.74) is 9.43. The average molecular weight is 1030 g/mol. The van der Waals surface area contributed by atoms with E-state index in [1.54, 1.807) is 23.1 Å². The lowest BCUT2D eigenvalue weighted by atomic mass is 10.0. The Labute approximate surface area is 415 Å². The second-order valence-corrected chi connectivity index (χ2v) is 23.5. The maximum absolute atomic E-state index is 13.2. The number of sulfonamides is 2. The van der Waals surface area contributed by atoms with E-state index in [1.807, 2.05) is 64.1 Å². The molecule has 8 heterocycles. The summed E-state index contributed by atoms with van der Waals surface area (Å²) in [5, 5.41) is 11.9. The van der Waals surface area contributed by atoms with Crippen molar-refractivity contribution in [1.29, 1.82) is 0 Å². The number of carbonyl (C=O) groups excluding carboxylic acids is 2. The van der Waals surface area contributed by atoms with Gasteiger partial charge in [0.05, 0.1) is 80.2 Å². The zero-order valence-electron chi connectivity index (χ0n) is 39.4. The summed E-state index contributed by atoms with van der Waals surface area (Å²) in [6, 6.07) is 16.6. The average Bonchev–Trinajstić information content (AvgIpc) is 4.17. The number of carbonyl (C=O) groups is 2. The van der Waals surface area contributed by atoms with Gasteiger partial charge in [-0.2, -0.15) is 0 Å². The number of anilines is 1. The molecule has 0 spiro atoms. The first-order chi connectivity index (χ1) is 33.2. The highest BCUT2D eigenvalue weighted by Gasteiger charge is 2.40. The number of benzene rings is 3. The van der Waals surface area contributed by atoms with Crippen LogP contribution in [0.3, 0.4) is 0 Å². The molecular formula is C48H52Cl2N10O8S2. The first-order valence-electron chi connectivity index (χ1n) is 23.1. The van der Waals surface area contributed by atoms with Gasteiger partial charge in [-0.15, -0.1) is 0 Å². The number of nitrogens with one attached hydrogen (secondary N) is 1. The zero-order valence-corrected chi connectivity index (χ0v) is 42.6. The van der Waals surface area contributed by atoms with E-state index < -0.39 is 20.0 Å². The smallest absolute Gasteiger partial charge is 0.227 e. The Kier molecular flexibility index (Phi) is 12.5. The standard InChI is InChI=1S/C27H27Cl2N5O4S.C21H25N5O4S/c1-15-26(16(2)38-31-15)17-4-7-23-22(12-17)30-27(34(23)19-10-11-32(14-19)39(3,36)37)24-8-9-25(35)33(24)18-5-6-20(28)21(29)13-18;1-12-20(13(2)30-24-12)14-4-6-18-17(10-14)23-21(16-5-7-19(27)22-16)26(18)15-8-9-25(11-15)31(3,28)29/h4-7,12-13,19,24H,8-11,14H2,1-3H3;4,6,10,15-16H,5,7-9,11H2,1-3H3,(H,22,27)/t19-,24+;15-,16+/m11/s1. The van der Waals surface area contributed by atoms with E-state index in [-0.39, 0.29) is 36.0 Å². The molecule has 4 atom stereocenters. The van der Waals surface area contributed by atoms with Gasteiger partial charge >= 0.3 is 0 Å². The molecule has 0 bridgehead atoms. The second kappa shape index (κ2) is 18.2. The fraction of sp³-hybridized carbons (Fsp3) is 0.417. The van der Waals surface area contributed by atoms with Crippen LogP contribution in [-0.4, -0.2) is 105 Å². The molecule has 0 unspecified atom stereocenters. The first kappa shape index (κ1) is 48.0. The van der Waals surface area contributed by atoms with E-state index >= 15 is 0 Å². The molecule has 7 aromatic rings. The van der Waals surface area contributed by atoms with E-state index in [1.165, 1.54) is 21.1 Å². The van der Waals surface area contributed by atoms with Gasteiger partial charge in [0.2, 0.25) is 31.9 Å². The molecule has 2 amide bonds. The van der Waals surface area contributed by atoms with Crippen molar-refractivity contribution in [2.45, 2.75) is 90.4 Å². The first-order valence-corrected chi connectivity index (χ1v) is 27.6. The van der Waals surface area contributed by atoms with Gasteiger partial charge in [0.25, 0.3) is 0 Å². The van der Waals surface area contributed by atoms with Crippen LogP contribution < -0.4 is 10.2 Å². The molecule has 22 heteroatoms. The lowest BCUT2D eigenvalue weighted by Gasteiger charge is -2.27. The molecule has 11 rings (SSSR count). The molecule has 4 saturated heterocycles. The maximum atomic E-state index is 13.2. The third-order valence-electron chi connectivity index (χ3n) is 14.0. The number of rotatable bonds is 9. The molecule has 368 valence electrons. The Bertz CT molecular complexity index is 3440. The molecule has 3 aromatic carbocycles. The number of aryl methyl sites for hydroxylation is 4. The van der Waals surface area contributed by atoms with Gasteiger partial charge in [-0.3, -0.25) is 9.59 Å². The molecule has 0 radical (unpaired) electrons. The monoisotopic (exact) mass is 1030 g/mol. The van der Waals surface area contributed by atoms with Crippen LogP contribution in [0.1, 0.15) is 97.2 Å². The van der Waals surface area contributed by atoms with Gasteiger partial charge in [-0.25, -0.2) is 35.4 Å². The summed E-state index contributed by atoms with van der Waals surface area (Å²) in [7, 11) is -6.59. The van der Waals surface area contributed by atoms with Crippen LogP contribution in [0.2, 0.25) is 10.0 Å². The molecule has 70 heavy (non-hydrogen) atoms. The number of nitrogens with zero attached hydrogens (tertiary/aromatic N) is 9. The number of halogens is 2. The van der Waals surface area contributed by atoms with Crippen molar-refractivity contribution in [2.75, 3.05) is 43.6 Å². The number of amides is 2. The minimum Gasteiger partial charge on any atom is -0.361 e. The van der Waals surface area contributed by atoms with Crippen molar-refractivity contribution in [1.82, 2.24) is 43.3 Å². The molecular weight excluding hydrogens is 980 g/mol. The highest BCUT2D eigenvalue weighted by molar-refractivity contribution is 7.88. The summed E-state index contributed by atoms with van der Waals surface area (Å²) in [6.07, 6.45) is 5.91. The molecule has 4 aromatic heterocycles. The predicted molar refractivity (Wildman–Crippen MR) is 266 cm³/mol. The Morgan fingerprint density at radius 2 is 1.17 bits per heavy atom. The van der Waals surface area contributed by atoms with Gasteiger partial charge in [0, 0.05) is 55.8 Å². The molecule has 0 aliphatic carbocycles. The minimum absolute atomic E-state index is 0.0178. The van der Waals surface area contributed by atoms with E-state index in [0.717, 1.165) is 78.9 Å². The molecule has 0 saturated carbocycles. The lowest BCUT2D eigenvalue weighted by molar-refractivity contribution is -0.119. The van der Waals surface area contributed by atoms with Gasteiger partial charge in [-0.05, 0) is 107 Å². The molecule has 1 N–H and O–H groups in total. The summed E-state index contributed by atoms with van der Waals surface area (Å²) >= 11 is 12.5. The van der Waals surface area contributed by atoms with Crippen LogP contribution in [0.25, 0.3) is 44.3 Å². The van der Waals surface area contributed by atoms with Gasteiger partial charge in [0.15, 0.2) is 0 Å². The molecule has 18 nitrogen and oxygen atoms in total. The van der Waals surface area contributed by atoms with Crippen LogP contribution in [0.5, 0.6) is 0 Å². The fourth-order valence-electron chi connectivity index (χ4n) is 10.7. The van der Waals surface area contributed by atoms with Crippen molar-refractivity contribution >= 4 is 82.8 Å². The van der Waals surface area contributed by atoms with E-state index in [2.05, 4.69) is 24.8 Å². The van der Waals surface area contributed by atoms with Crippen LogP contribution in [0.15, 0.2) is 63.6 Å². The van der Waals surface area contributed by atoms with Crippen molar-refractivity contribution in [3.63, 3.8) is 0 Å². The van der Waals surface area contributed by atoms with Crippen molar-refractivity contribution in [3.8, 4) is 22.3 Å². The predicted octanol–water partition coefficient (Wildman–Crippen LogP) is 8.16. The zero-order chi connectivity index (χ0) is 49.6. The quantitative estimate of drug-likeness (QED) is 0.145. The highest BCUT2D eigenvalue weighted by atomic mass is 35.5. The Morgan fingerprint density at radius 3 is 1.63 bits per heavy atom. The van der Waals surface area contributed by atoms with Gasteiger partial charge in [-0.1, -0.05) is 45.6 Å². The number of fused-ring (bicyclic) bond motifs is 2. The van der Waals surface area contributed by atoms with Crippen molar-refractivity contribution in [3.05, 3.63) is 99.2 Å². The van der Waals surface area contributed by atoms with E-state index in [4.69, 9.17) is 42.2 Å². The minimum atomic E-state index is -3.34. The Balaban J connectivity index is 0.000000166. The number of imidazole rings is 2. The molecule has 4 aliphatic rings. The maximum Gasteiger partial charge on any atom is 0.227 e. The normalized spacial score (nSPS) is 21.4. The van der Waals surface area contributed by atoms with E-state index in [0.29, 0.717) is 80.4 Å². The topological polar surface area (TPSA) is 212 Å². The van der Waals surface area contributed by atoms with Crippen LogP contribution in [-0.2, 0) is 29.6 Å². The number of hydrogen-bond donors (Lipinski definition) is 1. The fourth-order valence-corrected chi connectivity index (χ4v) is 12.8. The highest BCUT2D eigenvalue weighted by Crippen LogP contribution is 2.43. The van der Waals surface area contributed by atoms with Crippen molar-refractivity contribution in [2.24, 2.45) is 0 Å². The summed E-state index contributed by atoms with van der Waals surface area (Å²) in [4.78, 5) is 36.8. The van der Waals surface area contributed by atoms with Crippen molar-refractivity contribution < 1.29 is 35.5 Å². The largest absolute Gasteiger partial charge is 0.361 e. The van der Waals surface area contributed by atoms with Gasteiger partial charge in [0.1, 0.15) is 23.2 Å². The van der Waals surface area contributed by atoms with Crippen LogP contribution in [0, 0.1) is 27.7 Å². The second-order valence-electron chi connectivity index (χ2n) is 18.7.